The standard InChI is InChI=1S/C8H18ClNO2S/c1-8(2)7-10(3)5-4-6-13(9,11)12/h8H,4-7H2,1-3H3. The van der Waals surface area contributed by atoms with Gasteiger partial charge >= 0.3 is 0 Å². The van der Waals surface area contributed by atoms with Crippen molar-refractivity contribution in [2.24, 2.45) is 5.92 Å². The molecule has 0 atom stereocenters. The Hall–Kier alpha value is 0.200. The van der Waals surface area contributed by atoms with Crippen LogP contribution in [-0.2, 0) is 9.05 Å². The van der Waals surface area contributed by atoms with Gasteiger partial charge in [0.05, 0.1) is 5.75 Å². The summed E-state index contributed by atoms with van der Waals surface area (Å²) in [6, 6.07) is 0. The van der Waals surface area contributed by atoms with Gasteiger partial charge in [-0.3, -0.25) is 0 Å². The van der Waals surface area contributed by atoms with Crippen molar-refractivity contribution in [1.82, 2.24) is 4.90 Å². The lowest BCUT2D eigenvalue weighted by Crippen LogP contribution is -2.25. The second-order valence-corrected chi connectivity index (χ2v) is 6.65. The van der Waals surface area contributed by atoms with Gasteiger partial charge in [-0.2, -0.15) is 0 Å². The number of nitrogens with zero attached hydrogens (tertiary/aromatic N) is 1. The molecular formula is C8H18ClNO2S. The van der Waals surface area contributed by atoms with Crippen LogP contribution in [0.2, 0.25) is 0 Å². The first-order valence-electron chi connectivity index (χ1n) is 4.42. The lowest BCUT2D eigenvalue weighted by Gasteiger charge is -2.18. The molecular weight excluding hydrogens is 210 g/mol. The summed E-state index contributed by atoms with van der Waals surface area (Å²) in [5, 5.41) is 0. The van der Waals surface area contributed by atoms with Crippen molar-refractivity contribution in [2.45, 2.75) is 20.3 Å². The lowest BCUT2D eigenvalue weighted by atomic mass is 10.2. The molecule has 0 radical (unpaired) electrons. The van der Waals surface area contributed by atoms with E-state index in [0.717, 1.165) is 13.1 Å². The van der Waals surface area contributed by atoms with Crippen molar-refractivity contribution in [1.29, 1.82) is 0 Å². The summed E-state index contributed by atoms with van der Waals surface area (Å²) in [7, 11) is 3.76. The lowest BCUT2D eigenvalue weighted by molar-refractivity contribution is 0.296. The fourth-order valence-corrected chi connectivity index (χ4v) is 2.02. The maximum absolute atomic E-state index is 10.6. The van der Waals surface area contributed by atoms with E-state index in [2.05, 4.69) is 18.7 Å². The van der Waals surface area contributed by atoms with E-state index in [1.54, 1.807) is 0 Å². The first-order valence-corrected chi connectivity index (χ1v) is 6.90. The van der Waals surface area contributed by atoms with E-state index in [4.69, 9.17) is 10.7 Å². The van der Waals surface area contributed by atoms with Crippen LogP contribution < -0.4 is 0 Å². The van der Waals surface area contributed by atoms with Crippen LogP contribution in [0.25, 0.3) is 0 Å². The molecule has 0 aromatic carbocycles. The number of hydrogen-bond acceptors (Lipinski definition) is 3. The summed E-state index contributed by atoms with van der Waals surface area (Å²) in [6.45, 7) is 6.04. The Bertz CT molecular complexity index is 226. The van der Waals surface area contributed by atoms with E-state index >= 15 is 0 Å². The van der Waals surface area contributed by atoms with Gasteiger partial charge in [-0.15, -0.1) is 0 Å². The maximum Gasteiger partial charge on any atom is 0.232 e. The van der Waals surface area contributed by atoms with E-state index in [0.29, 0.717) is 12.3 Å². The van der Waals surface area contributed by atoms with E-state index in [1.807, 2.05) is 7.05 Å². The molecule has 0 saturated heterocycles. The Labute approximate surface area is 85.5 Å². The highest BCUT2D eigenvalue weighted by atomic mass is 35.7. The number of rotatable bonds is 6. The fourth-order valence-electron chi connectivity index (χ4n) is 1.22. The molecule has 0 N–H and O–H groups in total. The molecule has 0 amide bonds. The topological polar surface area (TPSA) is 37.4 Å². The molecule has 0 rings (SSSR count). The second kappa shape index (κ2) is 5.83. The quantitative estimate of drug-likeness (QED) is 0.646. The summed E-state index contributed by atoms with van der Waals surface area (Å²) in [4.78, 5) is 2.12. The van der Waals surface area contributed by atoms with Crippen LogP contribution in [-0.4, -0.2) is 39.2 Å². The highest BCUT2D eigenvalue weighted by molar-refractivity contribution is 8.13. The first-order chi connectivity index (χ1) is 5.81. The average Bonchev–Trinajstić information content (AvgIpc) is 1.81. The normalized spacial score (nSPS) is 12.8. The summed E-state index contributed by atoms with van der Waals surface area (Å²) < 4.78 is 21.2. The third-order valence-corrected chi connectivity index (χ3v) is 2.84. The monoisotopic (exact) mass is 227 g/mol. The Morgan fingerprint density at radius 3 is 2.31 bits per heavy atom. The highest BCUT2D eigenvalue weighted by Gasteiger charge is 2.06. The second-order valence-electron chi connectivity index (χ2n) is 3.75. The van der Waals surface area contributed by atoms with Crippen molar-refractivity contribution in [2.75, 3.05) is 25.9 Å². The van der Waals surface area contributed by atoms with Gasteiger partial charge < -0.3 is 4.90 Å². The molecule has 0 aromatic rings. The zero-order valence-corrected chi connectivity index (χ0v) is 10.0. The van der Waals surface area contributed by atoms with Crippen LogP contribution in [0, 0.1) is 5.92 Å². The van der Waals surface area contributed by atoms with Gasteiger partial charge in [0.1, 0.15) is 0 Å². The molecule has 0 bridgehead atoms. The fraction of sp³-hybridized carbons (Fsp3) is 1.00. The number of halogens is 1. The molecule has 0 aromatic heterocycles. The average molecular weight is 228 g/mol. The zero-order chi connectivity index (χ0) is 10.5. The number of hydrogen-bond donors (Lipinski definition) is 0. The van der Waals surface area contributed by atoms with Crippen LogP contribution in [0.3, 0.4) is 0 Å². The van der Waals surface area contributed by atoms with Crippen molar-refractivity contribution in [3.8, 4) is 0 Å². The van der Waals surface area contributed by atoms with Crippen LogP contribution >= 0.6 is 10.7 Å². The van der Waals surface area contributed by atoms with Gasteiger partial charge in [0.2, 0.25) is 9.05 Å². The predicted molar refractivity (Wildman–Crippen MR) is 56.6 cm³/mol. The molecule has 0 aliphatic rings. The molecule has 13 heavy (non-hydrogen) atoms. The van der Waals surface area contributed by atoms with Gasteiger partial charge in [-0.05, 0) is 25.9 Å². The Balaban J connectivity index is 3.54. The maximum atomic E-state index is 10.6. The first kappa shape index (κ1) is 13.2. The van der Waals surface area contributed by atoms with Crippen molar-refractivity contribution in [3.05, 3.63) is 0 Å². The molecule has 0 unspecified atom stereocenters. The van der Waals surface area contributed by atoms with Crippen LogP contribution in [0.15, 0.2) is 0 Å². The summed E-state index contributed by atoms with van der Waals surface area (Å²) >= 11 is 0. The third kappa shape index (κ3) is 10.1. The van der Waals surface area contributed by atoms with Gasteiger partial charge in [-0.1, -0.05) is 13.8 Å². The van der Waals surface area contributed by atoms with Gasteiger partial charge in [0, 0.05) is 17.2 Å². The van der Waals surface area contributed by atoms with E-state index < -0.39 is 9.05 Å². The molecule has 0 aliphatic heterocycles. The molecule has 0 heterocycles. The smallest absolute Gasteiger partial charge is 0.232 e. The van der Waals surface area contributed by atoms with Crippen LogP contribution in [0.4, 0.5) is 0 Å². The van der Waals surface area contributed by atoms with Crippen molar-refractivity contribution in [3.63, 3.8) is 0 Å². The largest absolute Gasteiger partial charge is 0.306 e. The van der Waals surface area contributed by atoms with Crippen LogP contribution in [0.1, 0.15) is 20.3 Å². The Kier molecular flexibility index (Phi) is 5.92. The van der Waals surface area contributed by atoms with E-state index in [-0.39, 0.29) is 5.75 Å². The molecule has 0 spiro atoms. The van der Waals surface area contributed by atoms with Gasteiger partial charge in [0.25, 0.3) is 0 Å². The van der Waals surface area contributed by atoms with Gasteiger partial charge in [0.15, 0.2) is 0 Å². The predicted octanol–water partition coefficient (Wildman–Crippen LogP) is 1.53. The van der Waals surface area contributed by atoms with Crippen molar-refractivity contribution < 1.29 is 8.42 Å². The molecule has 0 fully saturated rings. The highest BCUT2D eigenvalue weighted by Crippen LogP contribution is 2.01. The molecule has 5 heteroatoms. The molecule has 3 nitrogen and oxygen atoms in total. The minimum absolute atomic E-state index is 0.0665. The van der Waals surface area contributed by atoms with E-state index in [1.165, 1.54) is 0 Å². The third-order valence-electron chi connectivity index (χ3n) is 1.60. The van der Waals surface area contributed by atoms with E-state index in [9.17, 15) is 8.42 Å². The van der Waals surface area contributed by atoms with Crippen molar-refractivity contribution >= 4 is 19.7 Å². The Morgan fingerprint density at radius 1 is 1.38 bits per heavy atom. The van der Waals surface area contributed by atoms with Crippen LogP contribution in [0.5, 0.6) is 0 Å². The molecule has 0 saturated carbocycles. The summed E-state index contributed by atoms with van der Waals surface area (Å²) in [5.41, 5.74) is 0. The Morgan fingerprint density at radius 2 is 1.92 bits per heavy atom. The van der Waals surface area contributed by atoms with Gasteiger partial charge in [-0.25, -0.2) is 8.42 Å². The molecule has 80 valence electrons. The minimum Gasteiger partial charge on any atom is -0.306 e. The zero-order valence-electron chi connectivity index (χ0n) is 8.46. The summed E-state index contributed by atoms with van der Waals surface area (Å²) in [6.07, 6.45) is 0.606. The molecule has 0 aliphatic carbocycles. The minimum atomic E-state index is -3.30. The SMILES string of the molecule is CC(C)CN(C)CCCS(=O)(=O)Cl. The summed E-state index contributed by atoms with van der Waals surface area (Å²) in [5.74, 6) is 0.675.